The number of ether oxygens (including phenoxy) is 1. The van der Waals surface area contributed by atoms with E-state index in [1.165, 1.54) is 0 Å². The van der Waals surface area contributed by atoms with Crippen molar-refractivity contribution >= 4 is 0 Å². The van der Waals surface area contributed by atoms with Crippen LogP contribution in [0.15, 0.2) is 0 Å². The van der Waals surface area contributed by atoms with Gasteiger partial charge in [-0.05, 0) is 6.42 Å². The number of methoxy groups -OCH3 is 1. The SMILES string of the molecule is CCc1nn(C)c(OC)c1CN. The largest absolute Gasteiger partial charge is 0.481 e. The highest BCUT2D eigenvalue weighted by molar-refractivity contribution is 5.31. The Kier molecular flexibility index (Phi) is 2.70. The van der Waals surface area contributed by atoms with E-state index in [4.69, 9.17) is 10.5 Å². The van der Waals surface area contributed by atoms with Crippen molar-refractivity contribution in [3.63, 3.8) is 0 Å². The minimum Gasteiger partial charge on any atom is -0.481 e. The Balaban J connectivity index is 3.16. The molecule has 0 atom stereocenters. The van der Waals surface area contributed by atoms with Crippen molar-refractivity contribution in [1.82, 2.24) is 9.78 Å². The highest BCUT2D eigenvalue weighted by Gasteiger charge is 2.12. The predicted octanol–water partition coefficient (Wildman–Crippen LogP) is 0.450. The lowest BCUT2D eigenvalue weighted by molar-refractivity contribution is 0.369. The minimum absolute atomic E-state index is 0.486. The first kappa shape index (κ1) is 9.06. The predicted molar refractivity (Wildman–Crippen MR) is 47.0 cm³/mol. The van der Waals surface area contributed by atoms with Crippen LogP contribution in [-0.2, 0) is 20.0 Å². The molecular weight excluding hydrogens is 154 g/mol. The quantitative estimate of drug-likeness (QED) is 0.714. The van der Waals surface area contributed by atoms with E-state index in [1.807, 2.05) is 7.05 Å². The maximum Gasteiger partial charge on any atom is 0.216 e. The molecule has 1 aromatic heterocycles. The van der Waals surface area contributed by atoms with Gasteiger partial charge in [-0.2, -0.15) is 5.10 Å². The molecule has 0 radical (unpaired) electrons. The summed E-state index contributed by atoms with van der Waals surface area (Å²) in [5.74, 6) is 0.773. The van der Waals surface area contributed by atoms with Crippen molar-refractivity contribution in [3.8, 4) is 5.88 Å². The maximum atomic E-state index is 5.58. The van der Waals surface area contributed by atoms with Gasteiger partial charge in [0.1, 0.15) is 0 Å². The van der Waals surface area contributed by atoms with E-state index in [1.54, 1.807) is 11.8 Å². The molecule has 2 N–H and O–H groups in total. The van der Waals surface area contributed by atoms with Gasteiger partial charge in [0.15, 0.2) is 0 Å². The van der Waals surface area contributed by atoms with Crippen molar-refractivity contribution in [1.29, 1.82) is 0 Å². The van der Waals surface area contributed by atoms with Gasteiger partial charge < -0.3 is 10.5 Å². The molecule has 4 heteroatoms. The third kappa shape index (κ3) is 1.30. The minimum atomic E-state index is 0.486. The average molecular weight is 169 g/mol. The molecule has 4 nitrogen and oxygen atoms in total. The lowest BCUT2D eigenvalue weighted by Gasteiger charge is -2.01. The fourth-order valence-corrected chi connectivity index (χ4v) is 1.35. The molecule has 0 aromatic carbocycles. The topological polar surface area (TPSA) is 53.1 Å². The highest BCUT2D eigenvalue weighted by atomic mass is 16.5. The van der Waals surface area contributed by atoms with Crippen LogP contribution in [0.1, 0.15) is 18.2 Å². The van der Waals surface area contributed by atoms with E-state index in [9.17, 15) is 0 Å². The van der Waals surface area contributed by atoms with Crippen molar-refractivity contribution in [2.75, 3.05) is 7.11 Å². The van der Waals surface area contributed by atoms with Crippen LogP contribution in [0.3, 0.4) is 0 Å². The molecule has 0 unspecified atom stereocenters. The lowest BCUT2D eigenvalue weighted by atomic mass is 10.2. The van der Waals surface area contributed by atoms with Crippen molar-refractivity contribution < 1.29 is 4.74 Å². The molecule has 0 saturated heterocycles. The van der Waals surface area contributed by atoms with E-state index >= 15 is 0 Å². The summed E-state index contributed by atoms with van der Waals surface area (Å²) in [6.45, 7) is 2.54. The molecule has 0 amide bonds. The number of rotatable bonds is 3. The summed E-state index contributed by atoms with van der Waals surface area (Å²) < 4.78 is 6.89. The number of nitrogens with zero attached hydrogens (tertiary/aromatic N) is 2. The van der Waals surface area contributed by atoms with Crippen LogP contribution >= 0.6 is 0 Å². The molecule has 0 aliphatic heterocycles. The summed E-state index contributed by atoms with van der Waals surface area (Å²) in [6.07, 6.45) is 0.893. The molecular formula is C8H15N3O. The summed E-state index contributed by atoms with van der Waals surface area (Å²) in [6, 6.07) is 0. The maximum absolute atomic E-state index is 5.58. The lowest BCUT2D eigenvalue weighted by Crippen LogP contribution is -2.01. The summed E-state index contributed by atoms with van der Waals surface area (Å²) in [5, 5.41) is 4.28. The van der Waals surface area contributed by atoms with Gasteiger partial charge in [0.25, 0.3) is 0 Å². The fourth-order valence-electron chi connectivity index (χ4n) is 1.35. The van der Waals surface area contributed by atoms with Crippen LogP contribution < -0.4 is 10.5 Å². The van der Waals surface area contributed by atoms with Gasteiger partial charge in [-0.3, -0.25) is 0 Å². The standard InChI is InChI=1S/C8H15N3O/c1-4-7-6(5-9)8(12-3)11(2)10-7/h4-5,9H2,1-3H3. The zero-order valence-electron chi connectivity index (χ0n) is 7.79. The zero-order valence-corrected chi connectivity index (χ0v) is 7.79. The third-order valence-corrected chi connectivity index (χ3v) is 1.90. The molecule has 0 fully saturated rings. The monoisotopic (exact) mass is 169 g/mol. The Hall–Kier alpha value is -1.03. The summed E-state index contributed by atoms with van der Waals surface area (Å²) >= 11 is 0. The molecule has 0 saturated carbocycles. The summed E-state index contributed by atoms with van der Waals surface area (Å²) in [7, 11) is 3.49. The summed E-state index contributed by atoms with van der Waals surface area (Å²) in [5.41, 5.74) is 7.62. The van der Waals surface area contributed by atoms with Gasteiger partial charge in [0, 0.05) is 13.6 Å². The number of aryl methyl sites for hydroxylation is 2. The highest BCUT2D eigenvalue weighted by Crippen LogP contribution is 2.20. The average Bonchev–Trinajstić information content (AvgIpc) is 2.40. The number of hydrogen-bond donors (Lipinski definition) is 1. The molecule has 0 spiro atoms. The van der Waals surface area contributed by atoms with E-state index in [2.05, 4.69) is 12.0 Å². The first-order valence-corrected chi connectivity index (χ1v) is 4.03. The van der Waals surface area contributed by atoms with Crippen LogP contribution in [0, 0.1) is 0 Å². The fraction of sp³-hybridized carbons (Fsp3) is 0.625. The van der Waals surface area contributed by atoms with Crippen LogP contribution in [-0.4, -0.2) is 16.9 Å². The smallest absolute Gasteiger partial charge is 0.216 e. The molecule has 68 valence electrons. The molecule has 0 aliphatic carbocycles. The van der Waals surface area contributed by atoms with Crippen molar-refractivity contribution in [3.05, 3.63) is 11.3 Å². The van der Waals surface area contributed by atoms with Crippen molar-refractivity contribution in [2.45, 2.75) is 19.9 Å². The van der Waals surface area contributed by atoms with Gasteiger partial charge in [-0.1, -0.05) is 6.92 Å². The van der Waals surface area contributed by atoms with Gasteiger partial charge in [-0.15, -0.1) is 0 Å². The van der Waals surface area contributed by atoms with E-state index in [0.717, 1.165) is 23.6 Å². The summed E-state index contributed by atoms with van der Waals surface area (Å²) in [4.78, 5) is 0. The molecule has 1 heterocycles. The second-order valence-electron chi connectivity index (χ2n) is 2.62. The van der Waals surface area contributed by atoms with Crippen LogP contribution in [0.4, 0.5) is 0 Å². The number of hydrogen-bond acceptors (Lipinski definition) is 3. The van der Waals surface area contributed by atoms with E-state index in [0.29, 0.717) is 6.54 Å². The van der Waals surface area contributed by atoms with Gasteiger partial charge in [-0.25, -0.2) is 4.68 Å². The van der Waals surface area contributed by atoms with Crippen LogP contribution in [0.5, 0.6) is 5.88 Å². The van der Waals surface area contributed by atoms with Crippen molar-refractivity contribution in [2.24, 2.45) is 12.8 Å². The number of aromatic nitrogens is 2. The van der Waals surface area contributed by atoms with Gasteiger partial charge in [0.2, 0.25) is 5.88 Å². The molecule has 1 rings (SSSR count). The van der Waals surface area contributed by atoms with E-state index < -0.39 is 0 Å². The number of nitrogens with two attached hydrogens (primary N) is 1. The van der Waals surface area contributed by atoms with Gasteiger partial charge in [0.05, 0.1) is 18.4 Å². The van der Waals surface area contributed by atoms with E-state index in [-0.39, 0.29) is 0 Å². The molecule has 0 bridgehead atoms. The Morgan fingerprint density at radius 3 is 2.67 bits per heavy atom. The molecule has 1 aromatic rings. The second kappa shape index (κ2) is 3.58. The normalized spacial score (nSPS) is 10.3. The van der Waals surface area contributed by atoms with Crippen LogP contribution in [0.2, 0.25) is 0 Å². The van der Waals surface area contributed by atoms with Crippen LogP contribution in [0.25, 0.3) is 0 Å². The third-order valence-electron chi connectivity index (χ3n) is 1.90. The Labute approximate surface area is 72.3 Å². The molecule has 0 aliphatic rings. The van der Waals surface area contributed by atoms with Gasteiger partial charge >= 0.3 is 0 Å². The first-order chi connectivity index (χ1) is 5.74. The molecule has 12 heavy (non-hydrogen) atoms. The first-order valence-electron chi connectivity index (χ1n) is 4.03. The Bertz CT molecular complexity index is 268. The second-order valence-corrected chi connectivity index (χ2v) is 2.62. The Morgan fingerprint density at radius 1 is 1.58 bits per heavy atom. The zero-order chi connectivity index (χ0) is 9.14. The Morgan fingerprint density at radius 2 is 2.25 bits per heavy atom.